The zero-order chi connectivity index (χ0) is 21.0. The van der Waals surface area contributed by atoms with Gasteiger partial charge in [-0.1, -0.05) is 18.2 Å². The Balaban J connectivity index is 1.61. The molecule has 7 nitrogen and oxygen atoms in total. The molecule has 1 aliphatic heterocycles. The molecular formula is C21H28N4O3S. The Morgan fingerprint density at radius 2 is 1.76 bits per heavy atom. The first-order valence-corrected chi connectivity index (χ1v) is 11.8. The van der Waals surface area contributed by atoms with E-state index in [0.29, 0.717) is 32.7 Å². The van der Waals surface area contributed by atoms with Gasteiger partial charge in [-0.25, -0.2) is 13.1 Å². The fourth-order valence-electron chi connectivity index (χ4n) is 3.46. The summed E-state index contributed by atoms with van der Waals surface area (Å²) in [5, 5.41) is 4.61. The number of piperazine rings is 1. The summed E-state index contributed by atoms with van der Waals surface area (Å²) in [7, 11) is -2.96. The number of sulfone groups is 1. The number of hydrogen-bond acceptors (Lipinski definition) is 5. The van der Waals surface area contributed by atoms with E-state index in [0.717, 1.165) is 22.6 Å². The second-order valence-electron chi connectivity index (χ2n) is 7.46. The predicted octanol–water partition coefficient (Wildman–Crippen LogP) is 1.69. The topological polar surface area (TPSA) is 75.5 Å². The van der Waals surface area contributed by atoms with E-state index in [1.807, 2.05) is 54.9 Å². The molecule has 0 spiro atoms. The Bertz CT molecular complexity index is 988. The molecule has 1 aliphatic rings. The molecule has 0 saturated carbocycles. The highest BCUT2D eigenvalue weighted by Crippen LogP contribution is 2.19. The van der Waals surface area contributed by atoms with Crippen molar-refractivity contribution in [1.82, 2.24) is 19.6 Å². The third-order valence-electron chi connectivity index (χ3n) is 5.20. The van der Waals surface area contributed by atoms with Gasteiger partial charge in [0.05, 0.1) is 17.1 Å². The van der Waals surface area contributed by atoms with E-state index in [9.17, 15) is 13.2 Å². The van der Waals surface area contributed by atoms with Gasteiger partial charge in [0.25, 0.3) is 0 Å². The number of benzene rings is 1. The Kier molecular flexibility index (Phi) is 6.54. The van der Waals surface area contributed by atoms with Gasteiger partial charge in [-0.15, -0.1) is 0 Å². The number of aromatic nitrogens is 2. The van der Waals surface area contributed by atoms with Crippen molar-refractivity contribution < 1.29 is 13.2 Å². The molecule has 0 bridgehead atoms. The van der Waals surface area contributed by atoms with Crippen molar-refractivity contribution in [2.75, 3.05) is 44.7 Å². The number of hydrogen-bond donors (Lipinski definition) is 0. The van der Waals surface area contributed by atoms with E-state index in [1.165, 1.54) is 6.26 Å². The van der Waals surface area contributed by atoms with Gasteiger partial charge in [-0.05, 0) is 32.1 Å². The van der Waals surface area contributed by atoms with Gasteiger partial charge in [0.2, 0.25) is 5.91 Å². The van der Waals surface area contributed by atoms with Crippen LogP contribution in [-0.4, -0.2) is 78.6 Å². The fraction of sp³-hybridized carbons (Fsp3) is 0.429. The molecule has 1 amide bonds. The Labute approximate surface area is 172 Å². The average Bonchev–Trinajstić information content (AvgIpc) is 2.99. The van der Waals surface area contributed by atoms with Crippen LogP contribution in [0.5, 0.6) is 0 Å². The molecule has 0 atom stereocenters. The molecule has 156 valence electrons. The molecule has 1 fully saturated rings. The summed E-state index contributed by atoms with van der Waals surface area (Å²) >= 11 is 0. The van der Waals surface area contributed by atoms with Crippen molar-refractivity contribution in [2.45, 2.75) is 13.8 Å². The van der Waals surface area contributed by atoms with Gasteiger partial charge in [0, 0.05) is 56.3 Å². The van der Waals surface area contributed by atoms with Gasteiger partial charge in [-0.3, -0.25) is 9.69 Å². The van der Waals surface area contributed by atoms with E-state index < -0.39 is 9.84 Å². The smallest absolute Gasteiger partial charge is 0.246 e. The van der Waals surface area contributed by atoms with Gasteiger partial charge < -0.3 is 4.90 Å². The van der Waals surface area contributed by atoms with Crippen LogP contribution in [0.25, 0.3) is 11.8 Å². The van der Waals surface area contributed by atoms with Gasteiger partial charge in [-0.2, -0.15) is 5.10 Å². The summed E-state index contributed by atoms with van der Waals surface area (Å²) in [6.07, 6.45) is 4.70. The number of nitrogens with zero attached hydrogens (tertiary/aromatic N) is 4. The summed E-state index contributed by atoms with van der Waals surface area (Å²) < 4.78 is 24.5. The SMILES string of the molecule is Cc1nn(-c2ccccc2)c(C)c1/C=C/C(=O)N1CCN(CCS(C)(=O)=O)CC1. The number of rotatable bonds is 6. The lowest BCUT2D eigenvalue weighted by atomic mass is 10.1. The molecule has 1 saturated heterocycles. The maximum atomic E-state index is 12.6. The summed E-state index contributed by atoms with van der Waals surface area (Å²) in [5.41, 5.74) is 3.81. The summed E-state index contributed by atoms with van der Waals surface area (Å²) in [6, 6.07) is 9.92. The lowest BCUT2D eigenvalue weighted by Gasteiger charge is -2.34. The number of carbonyl (C=O) groups excluding carboxylic acids is 1. The van der Waals surface area contributed by atoms with Gasteiger partial charge in [0.1, 0.15) is 9.84 Å². The lowest BCUT2D eigenvalue weighted by Crippen LogP contribution is -2.49. The molecule has 0 unspecified atom stereocenters. The third-order valence-corrected chi connectivity index (χ3v) is 6.13. The highest BCUT2D eigenvalue weighted by molar-refractivity contribution is 7.90. The van der Waals surface area contributed by atoms with Crippen LogP contribution in [0, 0.1) is 13.8 Å². The van der Waals surface area contributed by atoms with Crippen molar-refractivity contribution >= 4 is 21.8 Å². The van der Waals surface area contributed by atoms with Crippen LogP contribution >= 0.6 is 0 Å². The zero-order valence-electron chi connectivity index (χ0n) is 17.2. The van der Waals surface area contributed by atoms with Crippen molar-refractivity contribution in [1.29, 1.82) is 0 Å². The number of carbonyl (C=O) groups is 1. The number of aryl methyl sites for hydroxylation is 1. The maximum Gasteiger partial charge on any atom is 0.246 e. The first-order chi connectivity index (χ1) is 13.7. The minimum Gasteiger partial charge on any atom is -0.337 e. The zero-order valence-corrected chi connectivity index (χ0v) is 18.0. The van der Waals surface area contributed by atoms with Crippen molar-refractivity contribution in [3.05, 3.63) is 53.4 Å². The van der Waals surface area contributed by atoms with Crippen molar-refractivity contribution in [2.24, 2.45) is 0 Å². The maximum absolute atomic E-state index is 12.6. The standard InChI is InChI=1S/C21H28N4O3S/c1-17-20(18(2)25(22-17)19-7-5-4-6-8-19)9-10-21(26)24-13-11-23(12-14-24)15-16-29(3,27)28/h4-10H,11-16H2,1-3H3/b10-9+. The molecule has 0 aliphatic carbocycles. The molecule has 29 heavy (non-hydrogen) atoms. The molecule has 8 heteroatoms. The first kappa shape index (κ1) is 21.3. The molecule has 3 rings (SSSR count). The lowest BCUT2D eigenvalue weighted by molar-refractivity contribution is -0.127. The fourth-order valence-corrected chi connectivity index (χ4v) is 4.05. The Hall–Kier alpha value is -2.45. The molecule has 1 aromatic carbocycles. The molecular weight excluding hydrogens is 388 g/mol. The van der Waals surface area contributed by atoms with Gasteiger partial charge >= 0.3 is 0 Å². The largest absolute Gasteiger partial charge is 0.337 e. The molecule has 0 radical (unpaired) electrons. The summed E-state index contributed by atoms with van der Waals surface area (Å²) in [5.74, 6) is 0.129. The third kappa shape index (κ3) is 5.55. The number of amides is 1. The minimum atomic E-state index is -2.96. The van der Waals surface area contributed by atoms with E-state index in [2.05, 4.69) is 10.00 Å². The van der Waals surface area contributed by atoms with E-state index >= 15 is 0 Å². The molecule has 0 N–H and O–H groups in total. The average molecular weight is 417 g/mol. The minimum absolute atomic E-state index is 0.0287. The highest BCUT2D eigenvalue weighted by atomic mass is 32.2. The first-order valence-electron chi connectivity index (χ1n) is 9.73. The van der Waals surface area contributed by atoms with Crippen LogP contribution in [0.15, 0.2) is 36.4 Å². The van der Waals surface area contributed by atoms with Crippen molar-refractivity contribution in [3.8, 4) is 5.69 Å². The van der Waals surface area contributed by atoms with Crippen molar-refractivity contribution in [3.63, 3.8) is 0 Å². The molecule has 2 heterocycles. The van der Waals surface area contributed by atoms with Crippen LogP contribution in [-0.2, 0) is 14.6 Å². The quantitative estimate of drug-likeness (QED) is 0.670. The normalized spacial score (nSPS) is 15.9. The number of para-hydroxylation sites is 1. The van der Waals surface area contributed by atoms with Crippen LogP contribution in [0.2, 0.25) is 0 Å². The summed E-state index contributed by atoms with van der Waals surface area (Å²) in [6.45, 7) is 7.06. The van der Waals surface area contributed by atoms with Crippen LogP contribution in [0.3, 0.4) is 0 Å². The van der Waals surface area contributed by atoms with E-state index in [1.54, 1.807) is 11.0 Å². The van der Waals surface area contributed by atoms with Crippen LogP contribution < -0.4 is 0 Å². The monoisotopic (exact) mass is 416 g/mol. The Morgan fingerprint density at radius 3 is 2.38 bits per heavy atom. The summed E-state index contributed by atoms with van der Waals surface area (Å²) in [4.78, 5) is 16.5. The second kappa shape index (κ2) is 8.92. The van der Waals surface area contributed by atoms with Gasteiger partial charge in [0.15, 0.2) is 0 Å². The molecule has 2 aromatic rings. The second-order valence-corrected chi connectivity index (χ2v) is 9.72. The van der Waals surface area contributed by atoms with Crippen LogP contribution in [0.1, 0.15) is 17.0 Å². The highest BCUT2D eigenvalue weighted by Gasteiger charge is 2.20. The van der Waals surface area contributed by atoms with E-state index in [-0.39, 0.29) is 11.7 Å². The molecule has 1 aromatic heterocycles. The Morgan fingerprint density at radius 1 is 1.10 bits per heavy atom. The van der Waals surface area contributed by atoms with E-state index in [4.69, 9.17) is 0 Å². The van der Waals surface area contributed by atoms with Crippen LogP contribution in [0.4, 0.5) is 0 Å². The predicted molar refractivity (Wildman–Crippen MR) is 115 cm³/mol.